The maximum absolute atomic E-state index is 15.1. The Morgan fingerprint density at radius 2 is 1.49 bits per heavy atom. The first-order valence-corrected chi connectivity index (χ1v) is 16.7. The van der Waals surface area contributed by atoms with Crippen LogP contribution in [-0.4, -0.2) is 46.5 Å². The highest BCUT2D eigenvalue weighted by atomic mass is 32.2. The molecule has 0 saturated carbocycles. The Bertz CT molecular complexity index is 2260. The van der Waals surface area contributed by atoms with Crippen molar-refractivity contribution in [2.24, 2.45) is 12.5 Å². The predicted molar refractivity (Wildman–Crippen MR) is 181 cm³/mol. The first-order chi connectivity index (χ1) is 23.6. The van der Waals surface area contributed by atoms with Crippen LogP contribution in [0, 0.1) is 36.7 Å². The van der Waals surface area contributed by atoms with Crippen LogP contribution in [0.1, 0.15) is 48.0 Å². The number of hydrogen-bond donors (Lipinski definition) is 4. The zero-order valence-corrected chi connectivity index (χ0v) is 29.0. The summed E-state index contributed by atoms with van der Waals surface area (Å²) >= 11 is 0. The van der Waals surface area contributed by atoms with Crippen LogP contribution in [0.25, 0.3) is 5.69 Å². The van der Waals surface area contributed by atoms with Gasteiger partial charge in [-0.3, -0.25) is 19.1 Å². The van der Waals surface area contributed by atoms with E-state index in [2.05, 4.69) is 10.6 Å². The Kier molecular flexibility index (Phi) is 10.7. The summed E-state index contributed by atoms with van der Waals surface area (Å²) in [4.78, 5) is 61.9. The fourth-order valence-electron chi connectivity index (χ4n) is 4.71. The van der Waals surface area contributed by atoms with Crippen LogP contribution < -0.4 is 26.6 Å². The SMILES string of the molecule is Cc1c(C)n(C)c(=O)n(-c2ccc(C[C@H](NC(=O)c3cc(F)c(NS(=O)(=O)c4ccc(NC(=O)C(C)(C)C)c(F)c4)cc3F)C(=O)O)cc2)c1=O. The lowest BCUT2D eigenvalue weighted by Crippen LogP contribution is -2.42. The van der Waals surface area contributed by atoms with Crippen molar-refractivity contribution in [2.45, 2.75) is 52.0 Å². The molecule has 1 heterocycles. The van der Waals surface area contributed by atoms with Crippen molar-refractivity contribution in [1.82, 2.24) is 14.5 Å². The van der Waals surface area contributed by atoms with E-state index in [9.17, 15) is 41.9 Å². The number of benzene rings is 3. The molecule has 17 heteroatoms. The van der Waals surface area contributed by atoms with Gasteiger partial charge in [0.15, 0.2) is 0 Å². The zero-order valence-electron chi connectivity index (χ0n) is 28.2. The Balaban J connectivity index is 1.50. The van der Waals surface area contributed by atoms with E-state index in [1.807, 2.05) is 0 Å². The van der Waals surface area contributed by atoms with Crippen LogP contribution in [0.5, 0.6) is 0 Å². The van der Waals surface area contributed by atoms with Gasteiger partial charge in [-0.1, -0.05) is 32.9 Å². The van der Waals surface area contributed by atoms with Gasteiger partial charge in [-0.15, -0.1) is 0 Å². The quantitative estimate of drug-likeness (QED) is 0.190. The number of amides is 2. The van der Waals surface area contributed by atoms with Gasteiger partial charge in [-0.2, -0.15) is 0 Å². The number of nitrogens with zero attached hydrogens (tertiary/aromatic N) is 2. The number of carbonyl (C=O) groups excluding carboxylic acids is 2. The molecule has 0 fully saturated rings. The molecule has 0 aliphatic carbocycles. The highest BCUT2D eigenvalue weighted by Gasteiger charge is 2.27. The van der Waals surface area contributed by atoms with Crippen molar-refractivity contribution < 1.29 is 41.1 Å². The fourth-order valence-corrected chi connectivity index (χ4v) is 5.78. The number of aromatic nitrogens is 2. The molecular formula is C34H34F3N5O8S. The molecule has 13 nitrogen and oxygen atoms in total. The summed E-state index contributed by atoms with van der Waals surface area (Å²) in [5.74, 6) is -7.32. The maximum atomic E-state index is 15.1. The molecule has 0 unspecified atom stereocenters. The van der Waals surface area contributed by atoms with Crippen LogP contribution in [0.4, 0.5) is 24.5 Å². The van der Waals surface area contributed by atoms with E-state index in [4.69, 9.17) is 0 Å². The number of rotatable bonds is 10. The molecule has 0 aliphatic heterocycles. The standard InChI is InChI=1S/C34H34F3N5O8S/c1-17-18(2)41(6)33(48)42(30(17)44)20-9-7-19(8-10-20)13-28(31(45)46)38-29(43)22-15-25(37)27(16-23(22)35)40-51(49,50)21-11-12-26(24(36)14-21)39-32(47)34(3,4)5/h7-12,14-16,28,40H,13H2,1-6H3,(H,38,43)(H,39,47)(H,45,46)/t28-/m0/s1. The van der Waals surface area contributed by atoms with E-state index in [0.717, 1.165) is 16.7 Å². The lowest BCUT2D eigenvalue weighted by Gasteiger charge is -2.18. The van der Waals surface area contributed by atoms with Crippen molar-refractivity contribution in [1.29, 1.82) is 0 Å². The van der Waals surface area contributed by atoms with Crippen LogP contribution in [0.2, 0.25) is 0 Å². The van der Waals surface area contributed by atoms with Crippen molar-refractivity contribution in [3.8, 4) is 5.69 Å². The number of carboxylic acid groups (broad SMARTS) is 1. The molecule has 0 aliphatic rings. The third-order valence-electron chi connectivity index (χ3n) is 8.01. The van der Waals surface area contributed by atoms with Crippen LogP contribution in [-0.2, 0) is 33.1 Å². The molecule has 0 radical (unpaired) electrons. The topological polar surface area (TPSA) is 186 Å². The molecule has 0 bridgehead atoms. The molecule has 2 amide bonds. The number of carboxylic acids is 1. The molecule has 4 aromatic rings. The monoisotopic (exact) mass is 729 g/mol. The van der Waals surface area contributed by atoms with Gasteiger partial charge < -0.3 is 20.3 Å². The minimum Gasteiger partial charge on any atom is -0.480 e. The average Bonchev–Trinajstić information content (AvgIpc) is 3.05. The second kappa shape index (κ2) is 14.3. The molecule has 1 atom stereocenters. The van der Waals surface area contributed by atoms with Crippen molar-refractivity contribution in [3.63, 3.8) is 0 Å². The van der Waals surface area contributed by atoms with Gasteiger partial charge in [0.25, 0.3) is 21.5 Å². The zero-order chi connectivity index (χ0) is 38.2. The summed E-state index contributed by atoms with van der Waals surface area (Å²) < 4.78 is 74.5. The highest BCUT2D eigenvalue weighted by molar-refractivity contribution is 7.92. The number of hydrogen-bond acceptors (Lipinski definition) is 7. The largest absolute Gasteiger partial charge is 0.480 e. The van der Waals surface area contributed by atoms with Gasteiger partial charge in [0.05, 0.1) is 27.5 Å². The summed E-state index contributed by atoms with van der Waals surface area (Å²) in [6.07, 6.45) is -0.335. The summed E-state index contributed by atoms with van der Waals surface area (Å²) in [6, 6.07) is 7.26. The lowest BCUT2D eigenvalue weighted by atomic mass is 9.95. The van der Waals surface area contributed by atoms with Crippen LogP contribution in [0.3, 0.4) is 0 Å². The smallest absolute Gasteiger partial charge is 0.335 e. The van der Waals surface area contributed by atoms with Gasteiger partial charge in [0.1, 0.15) is 23.5 Å². The Morgan fingerprint density at radius 3 is 2.06 bits per heavy atom. The number of anilines is 2. The molecule has 51 heavy (non-hydrogen) atoms. The van der Waals surface area contributed by atoms with E-state index in [1.165, 1.54) is 35.9 Å². The normalized spacial score (nSPS) is 12.3. The molecule has 270 valence electrons. The average molecular weight is 730 g/mol. The minimum absolute atomic E-state index is 0.211. The summed E-state index contributed by atoms with van der Waals surface area (Å²) in [5, 5.41) is 14.2. The Morgan fingerprint density at radius 1 is 0.882 bits per heavy atom. The van der Waals surface area contributed by atoms with Gasteiger partial charge in [-0.25, -0.2) is 35.7 Å². The molecule has 0 saturated heterocycles. The van der Waals surface area contributed by atoms with Gasteiger partial charge in [0, 0.05) is 36.2 Å². The number of aliphatic carboxylic acids is 1. The number of nitrogens with one attached hydrogen (secondary N) is 3. The van der Waals surface area contributed by atoms with Crippen LogP contribution >= 0.6 is 0 Å². The van der Waals surface area contributed by atoms with E-state index in [1.54, 1.807) is 39.3 Å². The number of sulfonamides is 1. The predicted octanol–water partition coefficient (Wildman–Crippen LogP) is 3.78. The maximum Gasteiger partial charge on any atom is 0.335 e. The van der Waals surface area contributed by atoms with E-state index < -0.39 is 84.1 Å². The van der Waals surface area contributed by atoms with E-state index >= 15 is 8.78 Å². The van der Waals surface area contributed by atoms with Gasteiger partial charge in [0.2, 0.25) is 5.91 Å². The lowest BCUT2D eigenvalue weighted by molar-refractivity contribution is -0.139. The first-order valence-electron chi connectivity index (χ1n) is 15.2. The Hall–Kier alpha value is -5.71. The second-order valence-corrected chi connectivity index (χ2v) is 14.4. The molecule has 0 spiro atoms. The molecular weight excluding hydrogens is 695 g/mol. The van der Waals surface area contributed by atoms with Crippen molar-refractivity contribution in [2.75, 3.05) is 10.0 Å². The van der Waals surface area contributed by atoms with E-state index in [-0.39, 0.29) is 17.8 Å². The molecule has 3 aromatic carbocycles. The van der Waals surface area contributed by atoms with Gasteiger partial charge in [-0.05, 0) is 55.8 Å². The fraction of sp³-hybridized carbons (Fsp3) is 0.265. The van der Waals surface area contributed by atoms with Crippen molar-refractivity contribution >= 4 is 39.2 Å². The summed E-state index contributed by atoms with van der Waals surface area (Å²) in [7, 11) is -3.19. The summed E-state index contributed by atoms with van der Waals surface area (Å²) in [5.41, 5.74) is -2.77. The first kappa shape index (κ1) is 38.1. The highest BCUT2D eigenvalue weighted by Crippen LogP contribution is 2.26. The second-order valence-electron chi connectivity index (χ2n) is 12.7. The third-order valence-corrected chi connectivity index (χ3v) is 9.37. The molecule has 4 N–H and O–H groups in total. The Labute approximate surface area is 289 Å². The minimum atomic E-state index is -4.70. The third kappa shape index (κ3) is 8.20. The number of halogens is 3. The number of carbonyl (C=O) groups is 3. The van der Waals surface area contributed by atoms with Crippen LogP contribution in [0.15, 0.2) is 69.1 Å². The van der Waals surface area contributed by atoms with Crippen molar-refractivity contribution in [3.05, 3.63) is 115 Å². The van der Waals surface area contributed by atoms with E-state index in [0.29, 0.717) is 35.0 Å². The molecule has 4 rings (SSSR count). The summed E-state index contributed by atoms with van der Waals surface area (Å²) in [6.45, 7) is 7.96. The van der Waals surface area contributed by atoms with Gasteiger partial charge >= 0.3 is 11.7 Å². The molecule has 1 aromatic heterocycles.